The van der Waals surface area contributed by atoms with Crippen molar-refractivity contribution in [1.82, 2.24) is 5.32 Å². The Labute approximate surface area is 114 Å². The van der Waals surface area contributed by atoms with Gasteiger partial charge in [0.25, 0.3) is 0 Å². The molecule has 0 saturated heterocycles. The van der Waals surface area contributed by atoms with Gasteiger partial charge in [-0.1, -0.05) is 18.2 Å². The molecule has 0 spiro atoms. The molecule has 1 heterocycles. The summed E-state index contributed by atoms with van der Waals surface area (Å²) in [6.07, 6.45) is 0.900. The number of nitrogens with one attached hydrogen (secondary N) is 2. The van der Waals surface area contributed by atoms with Crippen molar-refractivity contribution in [2.75, 3.05) is 25.0 Å². The van der Waals surface area contributed by atoms with Crippen LogP contribution in [-0.4, -0.2) is 31.7 Å². The first-order valence-electron chi connectivity index (χ1n) is 6.94. The second-order valence-corrected chi connectivity index (χ2v) is 4.87. The fourth-order valence-corrected chi connectivity index (χ4v) is 2.45. The van der Waals surface area contributed by atoms with Crippen LogP contribution >= 0.6 is 0 Å². The SMILES string of the molecule is CCOC(C)CNC(=O)C1CCNc2ccccc21. The molecule has 2 N–H and O–H groups in total. The number of anilines is 1. The van der Waals surface area contributed by atoms with Gasteiger partial charge in [0.15, 0.2) is 0 Å². The normalized spacial score (nSPS) is 19.2. The van der Waals surface area contributed by atoms with E-state index in [-0.39, 0.29) is 17.9 Å². The van der Waals surface area contributed by atoms with Crippen LogP contribution in [0.2, 0.25) is 0 Å². The highest BCUT2D eigenvalue weighted by Crippen LogP contribution is 2.31. The van der Waals surface area contributed by atoms with Gasteiger partial charge in [-0.3, -0.25) is 4.79 Å². The molecule has 0 aromatic heterocycles. The summed E-state index contributed by atoms with van der Waals surface area (Å²) >= 11 is 0. The van der Waals surface area contributed by atoms with Crippen LogP contribution < -0.4 is 10.6 Å². The monoisotopic (exact) mass is 262 g/mol. The van der Waals surface area contributed by atoms with Crippen molar-refractivity contribution in [3.8, 4) is 0 Å². The van der Waals surface area contributed by atoms with Gasteiger partial charge in [-0.25, -0.2) is 0 Å². The van der Waals surface area contributed by atoms with Crippen LogP contribution in [-0.2, 0) is 9.53 Å². The van der Waals surface area contributed by atoms with E-state index in [4.69, 9.17) is 4.74 Å². The van der Waals surface area contributed by atoms with Crippen LogP contribution in [0.4, 0.5) is 5.69 Å². The van der Waals surface area contributed by atoms with E-state index >= 15 is 0 Å². The van der Waals surface area contributed by atoms with E-state index in [2.05, 4.69) is 10.6 Å². The summed E-state index contributed by atoms with van der Waals surface area (Å²) in [4.78, 5) is 12.3. The number of amides is 1. The Morgan fingerprint density at radius 1 is 1.53 bits per heavy atom. The molecule has 1 aromatic carbocycles. The summed E-state index contributed by atoms with van der Waals surface area (Å²) in [5.74, 6) is 0.0479. The van der Waals surface area contributed by atoms with E-state index in [1.54, 1.807) is 0 Å². The molecule has 0 saturated carbocycles. The minimum Gasteiger partial charge on any atom is -0.385 e. The number of benzene rings is 1. The Bertz CT molecular complexity index is 434. The third-order valence-electron chi connectivity index (χ3n) is 3.42. The van der Waals surface area contributed by atoms with E-state index < -0.39 is 0 Å². The Morgan fingerprint density at radius 2 is 2.32 bits per heavy atom. The minimum absolute atomic E-state index is 0.0497. The number of fused-ring (bicyclic) bond motifs is 1. The molecule has 1 aliphatic heterocycles. The maximum Gasteiger partial charge on any atom is 0.227 e. The number of hydrogen-bond acceptors (Lipinski definition) is 3. The van der Waals surface area contributed by atoms with Gasteiger partial charge in [0.1, 0.15) is 0 Å². The highest BCUT2D eigenvalue weighted by atomic mass is 16.5. The zero-order valence-corrected chi connectivity index (χ0v) is 11.6. The summed E-state index contributed by atoms with van der Waals surface area (Å²) < 4.78 is 5.42. The third kappa shape index (κ3) is 3.47. The largest absolute Gasteiger partial charge is 0.385 e. The van der Waals surface area contributed by atoms with Crippen LogP contribution in [0.5, 0.6) is 0 Å². The molecule has 2 atom stereocenters. The Kier molecular flexibility index (Phi) is 4.80. The molecule has 1 aromatic rings. The summed E-state index contributed by atoms with van der Waals surface area (Å²) in [7, 11) is 0. The Hall–Kier alpha value is -1.55. The van der Waals surface area contributed by atoms with Crippen molar-refractivity contribution < 1.29 is 9.53 Å². The Morgan fingerprint density at radius 3 is 3.11 bits per heavy atom. The van der Waals surface area contributed by atoms with Gasteiger partial charge >= 0.3 is 0 Å². The quantitative estimate of drug-likeness (QED) is 0.854. The van der Waals surface area contributed by atoms with Gasteiger partial charge in [0.2, 0.25) is 5.91 Å². The zero-order chi connectivity index (χ0) is 13.7. The molecule has 104 valence electrons. The lowest BCUT2D eigenvalue weighted by Crippen LogP contribution is -2.37. The molecule has 4 nitrogen and oxygen atoms in total. The standard InChI is InChI=1S/C15H22N2O2/c1-3-19-11(2)10-17-15(18)13-8-9-16-14-7-5-4-6-12(13)14/h4-7,11,13,16H,3,8-10H2,1-2H3,(H,17,18). The average molecular weight is 262 g/mol. The van der Waals surface area contributed by atoms with Crippen LogP contribution in [0.25, 0.3) is 0 Å². The number of ether oxygens (including phenoxy) is 1. The second-order valence-electron chi connectivity index (χ2n) is 4.87. The molecule has 0 radical (unpaired) electrons. The highest BCUT2D eigenvalue weighted by molar-refractivity contribution is 5.86. The van der Waals surface area contributed by atoms with Crippen LogP contribution in [0, 0.1) is 0 Å². The summed E-state index contributed by atoms with van der Waals surface area (Å²) in [5, 5.41) is 6.31. The first-order chi connectivity index (χ1) is 9.22. The molecule has 1 amide bonds. The average Bonchev–Trinajstić information content (AvgIpc) is 2.44. The first kappa shape index (κ1) is 13.9. The molecule has 4 heteroatoms. The van der Waals surface area contributed by atoms with Crippen molar-refractivity contribution in [1.29, 1.82) is 0 Å². The molecule has 2 rings (SSSR count). The Balaban J connectivity index is 1.97. The fourth-order valence-electron chi connectivity index (χ4n) is 2.45. The third-order valence-corrected chi connectivity index (χ3v) is 3.42. The van der Waals surface area contributed by atoms with E-state index in [0.717, 1.165) is 24.2 Å². The number of para-hydroxylation sites is 1. The van der Waals surface area contributed by atoms with E-state index in [9.17, 15) is 4.79 Å². The zero-order valence-electron chi connectivity index (χ0n) is 11.6. The molecule has 2 unspecified atom stereocenters. The van der Waals surface area contributed by atoms with Gasteiger partial charge < -0.3 is 15.4 Å². The van der Waals surface area contributed by atoms with Gasteiger partial charge in [-0.2, -0.15) is 0 Å². The van der Waals surface area contributed by atoms with E-state index in [1.165, 1.54) is 0 Å². The topological polar surface area (TPSA) is 50.4 Å². The molecule has 0 bridgehead atoms. The summed E-state index contributed by atoms with van der Waals surface area (Å²) in [6, 6.07) is 8.02. The summed E-state index contributed by atoms with van der Waals surface area (Å²) in [5.41, 5.74) is 2.17. The molecule has 0 fully saturated rings. The predicted molar refractivity (Wildman–Crippen MR) is 76.4 cm³/mol. The second kappa shape index (κ2) is 6.57. The summed E-state index contributed by atoms with van der Waals surface area (Å²) in [6.45, 7) is 6.02. The molecular weight excluding hydrogens is 240 g/mol. The van der Waals surface area contributed by atoms with Crippen LogP contribution in [0.1, 0.15) is 31.7 Å². The van der Waals surface area contributed by atoms with Crippen LogP contribution in [0.3, 0.4) is 0 Å². The van der Waals surface area contributed by atoms with Crippen molar-refractivity contribution in [2.45, 2.75) is 32.3 Å². The van der Waals surface area contributed by atoms with Crippen molar-refractivity contribution in [3.63, 3.8) is 0 Å². The smallest absolute Gasteiger partial charge is 0.227 e. The van der Waals surface area contributed by atoms with Gasteiger partial charge in [-0.15, -0.1) is 0 Å². The highest BCUT2D eigenvalue weighted by Gasteiger charge is 2.26. The van der Waals surface area contributed by atoms with Crippen molar-refractivity contribution >= 4 is 11.6 Å². The molecule has 0 aliphatic carbocycles. The van der Waals surface area contributed by atoms with Crippen LogP contribution in [0.15, 0.2) is 24.3 Å². The number of carbonyl (C=O) groups excluding carboxylic acids is 1. The minimum atomic E-state index is -0.0497. The molecule has 1 aliphatic rings. The van der Waals surface area contributed by atoms with Gasteiger partial charge in [0, 0.05) is 25.4 Å². The molecular formula is C15H22N2O2. The lowest BCUT2D eigenvalue weighted by Gasteiger charge is -2.26. The lowest BCUT2D eigenvalue weighted by atomic mass is 9.90. The maximum atomic E-state index is 12.3. The first-order valence-corrected chi connectivity index (χ1v) is 6.94. The number of hydrogen-bond donors (Lipinski definition) is 2. The molecule has 19 heavy (non-hydrogen) atoms. The lowest BCUT2D eigenvalue weighted by molar-refractivity contribution is -0.123. The number of rotatable bonds is 5. The van der Waals surface area contributed by atoms with Crippen molar-refractivity contribution in [2.24, 2.45) is 0 Å². The fraction of sp³-hybridized carbons (Fsp3) is 0.533. The maximum absolute atomic E-state index is 12.3. The number of carbonyl (C=O) groups is 1. The predicted octanol–water partition coefficient (Wildman–Crippen LogP) is 2.13. The van der Waals surface area contributed by atoms with Gasteiger partial charge in [0.05, 0.1) is 12.0 Å². The van der Waals surface area contributed by atoms with Crippen molar-refractivity contribution in [3.05, 3.63) is 29.8 Å². The van der Waals surface area contributed by atoms with E-state index in [1.807, 2.05) is 38.1 Å². The van der Waals surface area contributed by atoms with E-state index in [0.29, 0.717) is 13.2 Å². The van der Waals surface area contributed by atoms with Gasteiger partial charge in [-0.05, 0) is 31.9 Å².